The summed E-state index contributed by atoms with van der Waals surface area (Å²) in [6, 6.07) is 17.3. The van der Waals surface area contributed by atoms with Crippen molar-refractivity contribution in [3.8, 4) is 6.07 Å². The number of halogens is 1. The summed E-state index contributed by atoms with van der Waals surface area (Å²) in [6.45, 7) is 6.82. The molecule has 28 heavy (non-hydrogen) atoms. The van der Waals surface area contributed by atoms with Crippen molar-refractivity contribution < 1.29 is 4.79 Å². The molecule has 5 nitrogen and oxygen atoms in total. The molecule has 1 atom stereocenters. The molecule has 1 unspecified atom stereocenters. The fraction of sp³-hybridized carbons (Fsp3) is 0.364. The van der Waals surface area contributed by atoms with Gasteiger partial charge in [0.2, 0.25) is 5.91 Å². The maximum absolute atomic E-state index is 12.5. The van der Waals surface area contributed by atoms with Crippen LogP contribution in [0.5, 0.6) is 0 Å². The maximum atomic E-state index is 12.5. The van der Waals surface area contributed by atoms with Crippen molar-refractivity contribution in [1.82, 2.24) is 15.1 Å². The topological polar surface area (TPSA) is 59.4 Å². The largest absolute Gasteiger partial charge is 0.351 e. The van der Waals surface area contributed by atoms with E-state index in [1.165, 1.54) is 5.56 Å². The molecule has 1 aliphatic heterocycles. The molecule has 0 bridgehead atoms. The molecule has 0 aromatic heterocycles. The average Bonchev–Trinajstić information content (AvgIpc) is 2.73. The monoisotopic (exact) mass is 396 g/mol. The molecule has 1 amide bonds. The highest BCUT2D eigenvalue weighted by atomic mass is 35.5. The van der Waals surface area contributed by atoms with Gasteiger partial charge in [-0.15, -0.1) is 0 Å². The van der Waals surface area contributed by atoms with Crippen LogP contribution in [0.1, 0.15) is 23.6 Å². The average molecular weight is 397 g/mol. The normalized spacial score (nSPS) is 16.3. The molecule has 0 radical (unpaired) electrons. The summed E-state index contributed by atoms with van der Waals surface area (Å²) < 4.78 is 0. The first-order valence-electron chi connectivity index (χ1n) is 9.53. The Bertz CT molecular complexity index is 838. The highest BCUT2D eigenvalue weighted by Crippen LogP contribution is 2.15. The number of hydrogen-bond acceptors (Lipinski definition) is 4. The Hall–Kier alpha value is -2.39. The van der Waals surface area contributed by atoms with Crippen molar-refractivity contribution in [3.63, 3.8) is 0 Å². The van der Waals surface area contributed by atoms with E-state index >= 15 is 0 Å². The molecule has 1 heterocycles. The van der Waals surface area contributed by atoms with Gasteiger partial charge in [-0.3, -0.25) is 14.6 Å². The SMILES string of the molecule is CC(C(=O)NCc1ccccc1Cl)N1CCN(Cc2ccc(C#N)cc2)CC1. The zero-order chi connectivity index (χ0) is 19.9. The van der Waals surface area contributed by atoms with E-state index < -0.39 is 0 Å². The first kappa shape index (κ1) is 20.3. The van der Waals surface area contributed by atoms with Gasteiger partial charge < -0.3 is 5.32 Å². The van der Waals surface area contributed by atoms with Gasteiger partial charge in [0.25, 0.3) is 0 Å². The molecular weight excluding hydrogens is 372 g/mol. The van der Waals surface area contributed by atoms with Crippen LogP contribution in [-0.4, -0.2) is 47.9 Å². The van der Waals surface area contributed by atoms with Crippen molar-refractivity contribution >= 4 is 17.5 Å². The number of nitrogens with one attached hydrogen (secondary N) is 1. The van der Waals surface area contributed by atoms with Crippen molar-refractivity contribution in [1.29, 1.82) is 5.26 Å². The van der Waals surface area contributed by atoms with Gasteiger partial charge in [-0.05, 0) is 36.2 Å². The molecule has 1 aliphatic rings. The third kappa shape index (κ3) is 5.32. The minimum Gasteiger partial charge on any atom is -0.351 e. The zero-order valence-corrected chi connectivity index (χ0v) is 16.8. The zero-order valence-electron chi connectivity index (χ0n) is 16.1. The number of carbonyl (C=O) groups excluding carboxylic acids is 1. The van der Waals surface area contributed by atoms with Gasteiger partial charge in [-0.1, -0.05) is 41.9 Å². The summed E-state index contributed by atoms with van der Waals surface area (Å²) in [6.07, 6.45) is 0. The molecule has 0 spiro atoms. The Morgan fingerprint density at radius 2 is 1.82 bits per heavy atom. The number of nitrogens with zero attached hydrogens (tertiary/aromatic N) is 3. The van der Waals surface area contributed by atoms with Gasteiger partial charge in [-0.2, -0.15) is 5.26 Å². The van der Waals surface area contributed by atoms with Crippen molar-refractivity contribution in [2.75, 3.05) is 26.2 Å². The number of amides is 1. The second-order valence-electron chi connectivity index (χ2n) is 7.11. The summed E-state index contributed by atoms with van der Waals surface area (Å²) in [5, 5.41) is 12.6. The summed E-state index contributed by atoms with van der Waals surface area (Å²) in [7, 11) is 0. The summed E-state index contributed by atoms with van der Waals surface area (Å²) in [4.78, 5) is 17.1. The van der Waals surface area contributed by atoms with Crippen LogP contribution in [0.15, 0.2) is 48.5 Å². The number of benzene rings is 2. The Labute approximate surface area is 171 Å². The van der Waals surface area contributed by atoms with E-state index in [0.717, 1.165) is 38.3 Å². The van der Waals surface area contributed by atoms with Crippen LogP contribution in [-0.2, 0) is 17.9 Å². The predicted octanol–water partition coefficient (Wildman–Crippen LogP) is 3.03. The third-order valence-electron chi connectivity index (χ3n) is 5.23. The van der Waals surface area contributed by atoms with Crippen LogP contribution in [0.25, 0.3) is 0 Å². The Morgan fingerprint density at radius 1 is 1.14 bits per heavy atom. The molecule has 3 rings (SSSR count). The third-order valence-corrected chi connectivity index (χ3v) is 5.60. The van der Waals surface area contributed by atoms with Gasteiger partial charge in [-0.25, -0.2) is 0 Å². The molecule has 1 saturated heterocycles. The van der Waals surface area contributed by atoms with Crippen LogP contribution >= 0.6 is 11.6 Å². The first-order chi connectivity index (χ1) is 13.6. The lowest BCUT2D eigenvalue weighted by molar-refractivity contribution is -0.126. The highest BCUT2D eigenvalue weighted by Gasteiger charge is 2.25. The molecular formula is C22H25ClN4O. The number of rotatable bonds is 6. The lowest BCUT2D eigenvalue weighted by atomic mass is 10.1. The minimum atomic E-state index is -0.167. The first-order valence-corrected chi connectivity index (χ1v) is 9.91. The quantitative estimate of drug-likeness (QED) is 0.815. The van der Waals surface area contributed by atoms with E-state index in [0.29, 0.717) is 17.1 Å². The van der Waals surface area contributed by atoms with Crippen molar-refractivity contribution in [2.45, 2.75) is 26.1 Å². The van der Waals surface area contributed by atoms with Crippen LogP contribution in [0.3, 0.4) is 0 Å². The molecule has 1 fully saturated rings. The van der Waals surface area contributed by atoms with E-state index in [1.807, 2.05) is 55.5 Å². The van der Waals surface area contributed by atoms with E-state index in [-0.39, 0.29) is 11.9 Å². The molecule has 2 aromatic carbocycles. The second kappa shape index (κ2) is 9.70. The number of piperazine rings is 1. The summed E-state index contributed by atoms with van der Waals surface area (Å²) in [5.41, 5.74) is 2.82. The molecule has 2 aromatic rings. The van der Waals surface area contributed by atoms with E-state index in [2.05, 4.69) is 21.2 Å². The number of hydrogen-bond donors (Lipinski definition) is 1. The molecule has 146 valence electrons. The lowest BCUT2D eigenvalue weighted by Crippen LogP contribution is -2.53. The van der Waals surface area contributed by atoms with Gasteiger partial charge >= 0.3 is 0 Å². The van der Waals surface area contributed by atoms with Crippen molar-refractivity contribution in [3.05, 3.63) is 70.2 Å². The van der Waals surface area contributed by atoms with Crippen molar-refractivity contribution in [2.24, 2.45) is 0 Å². The summed E-state index contributed by atoms with van der Waals surface area (Å²) in [5.74, 6) is 0.0282. The highest BCUT2D eigenvalue weighted by molar-refractivity contribution is 6.31. The van der Waals surface area contributed by atoms with Crippen LogP contribution < -0.4 is 5.32 Å². The van der Waals surface area contributed by atoms with Gasteiger partial charge in [0.1, 0.15) is 0 Å². The Morgan fingerprint density at radius 3 is 2.46 bits per heavy atom. The van der Waals surface area contributed by atoms with Crippen LogP contribution in [0.4, 0.5) is 0 Å². The predicted molar refractivity (Wildman–Crippen MR) is 111 cm³/mol. The van der Waals surface area contributed by atoms with Gasteiger partial charge in [0.05, 0.1) is 17.7 Å². The van der Waals surface area contributed by atoms with E-state index in [1.54, 1.807) is 0 Å². The molecule has 6 heteroatoms. The fourth-order valence-corrected chi connectivity index (χ4v) is 3.59. The number of nitriles is 1. The number of carbonyl (C=O) groups is 1. The molecule has 0 aliphatic carbocycles. The van der Waals surface area contributed by atoms with Gasteiger partial charge in [0.15, 0.2) is 0 Å². The van der Waals surface area contributed by atoms with E-state index in [4.69, 9.17) is 16.9 Å². The molecule has 1 N–H and O–H groups in total. The smallest absolute Gasteiger partial charge is 0.237 e. The van der Waals surface area contributed by atoms with Crippen LogP contribution in [0, 0.1) is 11.3 Å². The van der Waals surface area contributed by atoms with Gasteiger partial charge in [0, 0.05) is 44.3 Å². The maximum Gasteiger partial charge on any atom is 0.237 e. The minimum absolute atomic E-state index is 0.0282. The fourth-order valence-electron chi connectivity index (χ4n) is 3.39. The van der Waals surface area contributed by atoms with E-state index in [9.17, 15) is 4.79 Å². The lowest BCUT2D eigenvalue weighted by Gasteiger charge is -2.37. The standard InChI is InChI=1S/C22H25ClN4O/c1-17(22(28)25-15-20-4-2-3-5-21(20)23)27-12-10-26(11-13-27)16-19-8-6-18(14-24)7-9-19/h2-9,17H,10-13,15-16H2,1H3,(H,25,28). The van der Waals surface area contributed by atoms with Crippen LogP contribution in [0.2, 0.25) is 5.02 Å². The second-order valence-corrected chi connectivity index (χ2v) is 7.51. The Kier molecular flexibility index (Phi) is 7.05. The Balaban J connectivity index is 1.45. The summed E-state index contributed by atoms with van der Waals surface area (Å²) >= 11 is 6.15. The molecule has 0 saturated carbocycles.